The van der Waals surface area contributed by atoms with Crippen LogP contribution >= 0.6 is 23.2 Å². The third-order valence-electron chi connectivity index (χ3n) is 2.79. The molecule has 1 aromatic heterocycles. The largest absolute Gasteiger partial charge is 0.416 e. The summed E-state index contributed by atoms with van der Waals surface area (Å²) in [6.07, 6.45) is -3.23. The Labute approximate surface area is 128 Å². The fourth-order valence-corrected chi connectivity index (χ4v) is 2.37. The van der Waals surface area contributed by atoms with E-state index in [1.807, 2.05) is 6.07 Å². The Hall–Kier alpha value is -1.77. The first-order valence-corrected chi connectivity index (χ1v) is 6.47. The number of aromatic nitrogens is 1. The second kappa shape index (κ2) is 5.92. The van der Waals surface area contributed by atoms with E-state index in [1.54, 1.807) is 0 Å². The molecule has 0 saturated carbocycles. The number of pyridine rings is 1. The van der Waals surface area contributed by atoms with Crippen molar-refractivity contribution in [1.82, 2.24) is 4.98 Å². The number of benzene rings is 1. The first kappa shape index (κ1) is 15.6. The molecule has 2 nitrogen and oxygen atoms in total. The van der Waals surface area contributed by atoms with Crippen molar-refractivity contribution in [2.75, 3.05) is 0 Å². The predicted octanol–water partition coefficient (Wildman–Crippen LogP) is 5.14. The van der Waals surface area contributed by atoms with Crippen molar-refractivity contribution in [1.29, 1.82) is 5.26 Å². The van der Waals surface area contributed by atoms with Crippen molar-refractivity contribution in [3.05, 3.63) is 51.6 Å². The summed E-state index contributed by atoms with van der Waals surface area (Å²) in [5, 5.41) is 9.04. The zero-order valence-corrected chi connectivity index (χ0v) is 11.9. The molecule has 2 aromatic rings. The SMILES string of the molecule is N#CCc1c(Cl)cnc(-c2cccc(C(F)(F)F)c2)c1Cl. The minimum Gasteiger partial charge on any atom is -0.253 e. The Morgan fingerprint density at radius 1 is 1.24 bits per heavy atom. The van der Waals surface area contributed by atoms with Gasteiger partial charge in [0.15, 0.2) is 0 Å². The number of nitriles is 1. The molecule has 1 aromatic carbocycles. The van der Waals surface area contributed by atoms with Gasteiger partial charge in [-0.15, -0.1) is 0 Å². The van der Waals surface area contributed by atoms with E-state index in [-0.39, 0.29) is 27.7 Å². The van der Waals surface area contributed by atoms with Crippen molar-refractivity contribution < 1.29 is 13.2 Å². The second-order valence-electron chi connectivity index (χ2n) is 4.16. The van der Waals surface area contributed by atoms with Gasteiger partial charge < -0.3 is 0 Å². The molecule has 0 aliphatic carbocycles. The molecule has 1 heterocycles. The summed E-state index contributed by atoms with van der Waals surface area (Å²) >= 11 is 12.0. The summed E-state index contributed by atoms with van der Waals surface area (Å²) in [5.74, 6) is 0. The van der Waals surface area contributed by atoms with Crippen LogP contribution in [0, 0.1) is 11.3 Å². The summed E-state index contributed by atoms with van der Waals surface area (Å²) < 4.78 is 38.2. The lowest BCUT2D eigenvalue weighted by Gasteiger charge is -2.11. The average Bonchev–Trinajstić information content (AvgIpc) is 2.43. The Bertz CT molecular complexity index is 721. The summed E-state index contributed by atoms with van der Waals surface area (Å²) in [5.41, 5.74) is -0.0685. The van der Waals surface area contributed by atoms with Gasteiger partial charge in [0.25, 0.3) is 0 Å². The van der Waals surface area contributed by atoms with E-state index in [0.717, 1.165) is 12.1 Å². The van der Waals surface area contributed by atoms with E-state index < -0.39 is 11.7 Å². The van der Waals surface area contributed by atoms with E-state index in [2.05, 4.69) is 4.98 Å². The molecule has 108 valence electrons. The monoisotopic (exact) mass is 330 g/mol. The Morgan fingerprint density at radius 3 is 2.57 bits per heavy atom. The highest BCUT2D eigenvalue weighted by Gasteiger charge is 2.30. The fraction of sp³-hybridized carbons (Fsp3) is 0.143. The molecule has 0 N–H and O–H groups in total. The van der Waals surface area contributed by atoms with Crippen LogP contribution in [0.5, 0.6) is 0 Å². The van der Waals surface area contributed by atoms with Crippen molar-refractivity contribution in [2.24, 2.45) is 0 Å². The van der Waals surface area contributed by atoms with E-state index in [9.17, 15) is 13.2 Å². The highest BCUT2D eigenvalue weighted by Crippen LogP contribution is 2.36. The maximum absolute atomic E-state index is 12.7. The molecule has 0 bridgehead atoms. The van der Waals surface area contributed by atoms with Crippen LogP contribution in [0.25, 0.3) is 11.3 Å². The van der Waals surface area contributed by atoms with Crippen molar-refractivity contribution in [3.8, 4) is 17.3 Å². The molecule has 0 spiro atoms. The van der Waals surface area contributed by atoms with E-state index in [1.165, 1.54) is 18.3 Å². The normalized spacial score (nSPS) is 11.2. The lowest BCUT2D eigenvalue weighted by Crippen LogP contribution is -2.04. The van der Waals surface area contributed by atoms with Crippen LogP contribution in [0.2, 0.25) is 10.0 Å². The summed E-state index contributed by atoms with van der Waals surface area (Å²) in [7, 11) is 0. The van der Waals surface area contributed by atoms with Crippen molar-refractivity contribution in [2.45, 2.75) is 12.6 Å². The van der Waals surface area contributed by atoms with Gasteiger partial charge in [-0.1, -0.05) is 35.3 Å². The van der Waals surface area contributed by atoms with Gasteiger partial charge in [-0.25, -0.2) is 0 Å². The number of hydrogen-bond acceptors (Lipinski definition) is 2. The Morgan fingerprint density at radius 2 is 1.95 bits per heavy atom. The van der Waals surface area contributed by atoms with Crippen molar-refractivity contribution >= 4 is 23.2 Å². The molecule has 0 aliphatic heterocycles. The maximum atomic E-state index is 12.7. The number of halogens is 5. The van der Waals surface area contributed by atoms with Gasteiger partial charge in [0, 0.05) is 17.3 Å². The van der Waals surface area contributed by atoms with Crippen LogP contribution in [0.4, 0.5) is 13.2 Å². The van der Waals surface area contributed by atoms with Crippen LogP contribution < -0.4 is 0 Å². The predicted molar refractivity (Wildman–Crippen MR) is 74.0 cm³/mol. The van der Waals surface area contributed by atoms with Gasteiger partial charge in [-0.05, 0) is 12.1 Å². The number of hydrogen-bond donors (Lipinski definition) is 0. The zero-order valence-electron chi connectivity index (χ0n) is 10.4. The van der Waals surface area contributed by atoms with Gasteiger partial charge in [0.2, 0.25) is 0 Å². The molecule has 7 heteroatoms. The zero-order chi connectivity index (χ0) is 15.6. The van der Waals surface area contributed by atoms with Gasteiger partial charge in [0.05, 0.1) is 33.8 Å². The molecule has 21 heavy (non-hydrogen) atoms. The molecular weight excluding hydrogens is 324 g/mol. The van der Waals surface area contributed by atoms with Crippen LogP contribution in [0.1, 0.15) is 11.1 Å². The Kier molecular flexibility index (Phi) is 4.40. The number of nitrogens with zero attached hydrogens (tertiary/aromatic N) is 2. The highest BCUT2D eigenvalue weighted by atomic mass is 35.5. The number of alkyl halides is 3. The summed E-state index contributed by atoms with van der Waals surface area (Å²) in [6, 6.07) is 6.56. The molecule has 0 saturated heterocycles. The van der Waals surface area contributed by atoms with E-state index in [4.69, 9.17) is 28.5 Å². The quantitative estimate of drug-likeness (QED) is 0.764. The topological polar surface area (TPSA) is 36.7 Å². The van der Waals surface area contributed by atoms with Crippen molar-refractivity contribution in [3.63, 3.8) is 0 Å². The smallest absolute Gasteiger partial charge is 0.253 e. The molecule has 2 rings (SSSR count). The van der Waals surface area contributed by atoms with Crippen LogP contribution in [-0.2, 0) is 12.6 Å². The minimum absolute atomic E-state index is 0.0495. The van der Waals surface area contributed by atoms with Crippen LogP contribution in [-0.4, -0.2) is 4.98 Å². The molecule has 0 unspecified atom stereocenters. The molecule has 0 amide bonds. The molecule has 0 aliphatic rings. The molecule has 0 atom stereocenters. The van der Waals surface area contributed by atoms with Gasteiger partial charge >= 0.3 is 6.18 Å². The maximum Gasteiger partial charge on any atom is 0.416 e. The first-order chi connectivity index (χ1) is 9.84. The van der Waals surface area contributed by atoms with Gasteiger partial charge in [0.1, 0.15) is 0 Å². The lowest BCUT2D eigenvalue weighted by atomic mass is 10.0. The lowest BCUT2D eigenvalue weighted by molar-refractivity contribution is -0.137. The van der Waals surface area contributed by atoms with E-state index >= 15 is 0 Å². The summed E-state index contributed by atoms with van der Waals surface area (Å²) in [4.78, 5) is 3.97. The van der Waals surface area contributed by atoms with Crippen LogP contribution in [0.15, 0.2) is 30.5 Å². The van der Waals surface area contributed by atoms with Gasteiger partial charge in [-0.2, -0.15) is 18.4 Å². The second-order valence-corrected chi connectivity index (χ2v) is 4.95. The van der Waals surface area contributed by atoms with E-state index in [0.29, 0.717) is 5.56 Å². The average molecular weight is 331 g/mol. The van der Waals surface area contributed by atoms with Gasteiger partial charge in [-0.3, -0.25) is 4.98 Å². The third kappa shape index (κ3) is 3.29. The highest BCUT2D eigenvalue weighted by molar-refractivity contribution is 6.37. The molecule has 0 radical (unpaired) electrons. The Balaban J connectivity index is 2.58. The molecular formula is C14H7Cl2F3N2. The first-order valence-electron chi connectivity index (χ1n) is 5.72. The third-order valence-corrected chi connectivity index (χ3v) is 3.52. The standard InChI is InChI=1S/C14H7Cl2F3N2/c15-11-7-21-13(12(16)10(11)4-5-20)8-2-1-3-9(6-8)14(17,18)19/h1-3,6-7H,4H2. The molecule has 0 fully saturated rings. The summed E-state index contributed by atoms with van der Waals surface area (Å²) in [6.45, 7) is 0. The number of rotatable bonds is 2. The minimum atomic E-state index is -4.45. The fourth-order valence-electron chi connectivity index (χ4n) is 1.79. The van der Waals surface area contributed by atoms with Crippen LogP contribution in [0.3, 0.4) is 0 Å².